The van der Waals surface area contributed by atoms with Gasteiger partial charge in [-0.3, -0.25) is 77.0 Å². The molecule has 0 saturated carbocycles. The SMILES string of the molecule is CC(C)(C)[Si]1(C)OC[C@H]2O[C@@H](N3C=CC(=O)CC3=O)[C@](C)(F)[C@@H]2O1.CC(C)OC(=O)[C@H](C)N[P@@](=O)(OC[C@H]1O[C@@H](N2C=CC(=O)CC2=O)[C@](C)(F)[C@@H]1O)Oc1ccccc1.CC(C)OC(=O)[C@H](C)N[P@@](=O)(OC[C@H]1O[C@@H](N2C=CC(=O)CC2=O)[C@](C)(F)[C@@H]1O[Si](C)(C)C(C)(C)C)Oc1ccccc1.CC(C)OC(=O)[C@H](C)N[P@](=O)(Oc1ccccc1)Oc1ccc([N+](=O)[O-])cc1. The van der Waals surface area contributed by atoms with Crippen LogP contribution in [0, 0.1) is 10.1 Å². The topological polar surface area (TPSA) is 452 Å². The zero-order valence-corrected chi connectivity index (χ0v) is 81.6. The molecule has 0 aliphatic carbocycles. The van der Waals surface area contributed by atoms with Gasteiger partial charge in [0.25, 0.3) is 5.69 Å². The molecule has 4 saturated heterocycles. The highest BCUT2D eigenvalue weighted by Crippen LogP contribution is 2.53. The van der Waals surface area contributed by atoms with Crippen LogP contribution < -0.4 is 33.4 Å². The first-order valence-electron chi connectivity index (χ1n) is 42.2. The average Bonchev–Trinajstić information content (AvgIpc) is 1.58. The zero-order valence-electron chi connectivity index (χ0n) is 76.9. The third-order valence-electron chi connectivity index (χ3n) is 21.6. The minimum absolute atomic E-state index is 0.0711. The van der Waals surface area contributed by atoms with Crippen LogP contribution in [0.3, 0.4) is 0 Å². The highest BCUT2D eigenvalue weighted by molar-refractivity contribution is 7.53. The highest BCUT2D eigenvalue weighted by Gasteiger charge is 2.66. The first kappa shape index (κ1) is 107. The number of hydrogen-bond acceptors (Lipinski definition) is 30. The van der Waals surface area contributed by atoms with Crippen molar-refractivity contribution in [3.63, 3.8) is 0 Å². The summed E-state index contributed by atoms with van der Waals surface area (Å²) in [5.41, 5.74) is -6.74. The number of carbonyl (C=O) groups is 9. The summed E-state index contributed by atoms with van der Waals surface area (Å²) in [5.74, 6) is -4.23. The molecule has 131 heavy (non-hydrogen) atoms. The number of benzene rings is 4. The summed E-state index contributed by atoms with van der Waals surface area (Å²) < 4.78 is 174. The van der Waals surface area contributed by atoms with Gasteiger partial charge < -0.3 is 64.9 Å². The van der Waals surface area contributed by atoms with E-state index in [1.54, 1.807) is 120 Å². The Morgan fingerprint density at radius 3 is 1.22 bits per heavy atom. The smallest absolute Gasteiger partial charge is 0.462 e. The Morgan fingerprint density at radius 1 is 0.534 bits per heavy atom. The van der Waals surface area contributed by atoms with E-state index < -0.39 is 221 Å². The number of halogens is 3. The molecular weight excluding hydrogens is 1820 g/mol. The average molecular weight is 1940 g/mol. The van der Waals surface area contributed by atoms with E-state index in [0.29, 0.717) is 0 Å². The number of carbonyl (C=O) groups excluding carboxylic acids is 9. The van der Waals surface area contributed by atoms with Gasteiger partial charge >= 0.3 is 49.7 Å². The summed E-state index contributed by atoms with van der Waals surface area (Å²) in [6.07, 6.45) is -6.19. The summed E-state index contributed by atoms with van der Waals surface area (Å²) in [6.45, 7) is 35.1. The number of nitro benzene ring substituents is 1. The molecule has 0 spiro atoms. The monoisotopic (exact) mass is 1940 g/mol. The molecule has 1 unspecified atom stereocenters. The Morgan fingerprint density at radius 2 is 0.870 bits per heavy atom. The number of nitrogens with zero attached hydrogens (tertiary/aromatic N) is 4. The number of para-hydroxylation sites is 3. The fraction of sp³-hybridized carbons (Fsp3) is 0.547. The molecule has 7 aliphatic heterocycles. The van der Waals surface area contributed by atoms with Crippen LogP contribution in [0.4, 0.5) is 18.9 Å². The summed E-state index contributed by atoms with van der Waals surface area (Å²) in [6, 6.07) is 26.3. The molecule has 4 aromatic rings. The fourth-order valence-corrected chi connectivity index (χ4v) is 21.3. The van der Waals surface area contributed by atoms with Crippen molar-refractivity contribution in [3.8, 4) is 23.0 Å². The van der Waals surface area contributed by atoms with E-state index >= 15 is 13.2 Å². The highest BCUT2D eigenvalue weighted by atomic mass is 31.2. The van der Waals surface area contributed by atoms with Crippen molar-refractivity contribution in [2.24, 2.45) is 0 Å². The molecule has 0 bridgehead atoms. The van der Waals surface area contributed by atoms with Gasteiger partial charge in [0.05, 0.1) is 62.3 Å². The van der Waals surface area contributed by atoms with Crippen LogP contribution in [0.1, 0.15) is 144 Å². The molecule has 0 radical (unpaired) electrons. The van der Waals surface area contributed by atoms with Crippen LogP contribution in [0.2, 0.25) is 29.7 Å². The molecule has 45 heteroatoms. The van der Waals surface area contributed by atoms with E-state index in [2.05, 4.69) is 15.3 Å². The lowest BCUT2D eigenvalue weighted by molar-refractivity contribution is -0.384. The first-order chi connectivity index (χ1) is 60.7. The number of nitrogens with one attached hydrogen (secondary N) is 3. The van der Waals surface area contributed by atoms with Crippen molar-refractivity contribution in [2.75, 3.05) is 19.8 Å². The molecule has 19 atom stereocenters. The van der Waals surface area contributed by atoms with Gasteiger partial charge in [-0.05, 0) is 175 Å². The van der Waals surface area contributed by atoms with Crippen molar-refractivity contribution in [1.29, 1.82) is 0 Å². The van der Waals surface area contributed by atoms with E-state index in [9.17, 15) is 72.1 Å². The number of nitro groups is 1. The van der Waals surface area contributed by atoms with Gasteiger partial charge in [-0.25, -0.2) is 26.9 Å². The third kappa shape index (κ3) is 28.5. The Bertz CT molecular complexity index is 4960. The second-order valence-electron chi connectivity index (χ2n) is 35.8. The van der Waals surface area contributed by atoms with Crippen molar-refractivity contribution in [2.45, 2.75) is 282 Å². The lowest BCUT2D eigenvalue weighted by Crippen LogP contribution is -2.61. The van der Waals surface area contributed by atoms with Crippen LogP contribution in [0.25, 0.3) is 0 Å². The quantitative estimate of drug-likeness (QED) is 0.00671. The number of hydrogen-bond donors (Lipinski definition) is 4. The molecule has 37 nitrogen and oxygen atoms in total. The van der Waals surface area contributed by atoms with Gasteiger partial charge in [-0.15, -0.1) is 0 Å². The molecule has 7 heterocycles. The Kier molecular flexibility index (Phi) is 36.0. The number of esters is 3. The molecule has 11 rings (SSSR count). The Hall–Kier alpha value is -9.04. The van der Waals surface area contributed by atoms with Gasteiger partial charge in [-0.1, -0.05) is 96.1 Å². The predicted molar refractivity (Wildman–Crippen MR) is 473 cm³/mol. The van der Waals surface area contributed by atoms with Gasteiger partial charge in [0.1, 0.15) is 77.7 Å². The normalized spacial score (nSPS) is 27.6. The largest absolute Gasteiger partial charge is 0.513 e. The number of alkyl halides is 3. The fourth-order valence-electron chi connectivity index (χ4n) is 13.2. The van der Waals surface area contributed by atoms with Crippen molar-refractivity contribution in [3.05, 3.63) is 162 Å². The maximum Gasteiger partial charge on any atom is 0.513 e. The van der Waals surface area contributed by atoms with Crippen LogP contribution in [-0.2, 0) is 108 Å². The van der Waals surface area contributed by atoms with Crippen LogP contribution in [-0.4, -0.2) is 223 Å². The van der Waals surface area contributed by atoms with Gasteiger partial charge in [0, 0.05) is 35.8 Å². The Balaban J connectivity index is 0.000000220. The van der Waals surface area contributed by atoms with Crippen molar-refractivity contribution >= 4 is 98.8 Å². The van der Waals surface area contributed by atoms with Gasteiger partial charge in [-0.2, -0.15) is 15.3 Å². The van der Waals surface area contributed by atoms with E-state index in [4.69, 9.17) is 68.8 Å². The van der Waals surface area contributed by atoms with Crippen molar-refractivity contribution in [1.82, 2.24) is 30.0 Å². The number of ether oxygens (including phenoxy) is 6. The minimum atomic E-state index is -4.31. The molecule has 4 aromatic carbocycles. The lowest BCUT2D eigenvalue weighted by atomic mass is 9.97. The molecule has 722 valence electrons. The summed E-state index contributed by atoms with van der Waals surface area (Å²) in [7, 11) is -17.9. The standard InChI is InChI=1S/C29H44FN2O9PSi.C23H30FN2O9P.C18H21N2O7P.C16H24FNO5Si/c1-19(2)38-26(35)20(3)31-42(36,40-22-13-11-10-12-14-22)37-18-23-25(41-43(8,9)28(4,5)6)29(7,30)27(39-23)32-16-15-21(33)17-24(32)34;1-14(2)33-21(30)15(3)25-36(31,35-17-8-6-5-7-9-17)32-13-18-20(29)23(4,24)22(34-18)26-11-10-16(27)12-19(26)28;1-13(2)25-18(21)14(3)19-28(24,26-16-7-5-4-6-8-16)27-17-11-9-15(10-12-17)20(22)23;1-15(2,3)24(5)21-9-11-13(23-24)16(4,17)14(22-11)18-7-6-10(19)8-12(18)20/h10-16,19-20,23,25,27H,17-18H2,1-9H3,(H,31,36);5-11,14-15,18,20,22,29H,12-13H2,1-4H3,(H,25,31);4-14H,1-3H3,(H,19,24);6-7,11,13-14H,8-9H2,1-5H3/t20-,23+,25+,27+,29+,42+;15-,18+,20+,22+,23+,36+;14-,28-;11-,13-,14-,16-,24?/m0001/s1. The molecule has 4 fully saturated rings. The number of ketones is 3. The predicted octanol–water partition coefficient (Wildman–Crippen LogP) is 13.7. The molecular formula is C86H119F3N7O30P3Si2. The van der Waals surface area contributed by atoms with Crippen molar-refractivity contribution < 1.29 is 149 Å². The number of fused-ring (bicyclic) bond motifs is 1. The third-order valence-corrected chi connectivity index (χ3v) is 35.1. The van der Waals surface area contributed by atoms with E-state index in [1.165, 1.54) is 100 Å². The van der Waals surface area contributed by atoms with Crippen LogP contribution in [0.5, 0.6) is 23.0 Å². The molecule has 4 N–H and O–H groups in total. The number of allylic oxidation sites excluding steroid dienone is 3. The van der Waals surface area contributed by atoms with Crippen LogP contribution >= 0.6 is 23.2 Å². The summed E-state index contributed by atoms with van der Waals surface area (Å²) in [5, 5.41) is 28.4. The van der Waals surface area contributed by atoms with E-state index in [-0.39, 0.29) is 63.7 Å². The molecule has 3 amide bonds. The number of non-ortho nitro benzene ring substituents is 1. The molecule has 7 aliphatic rings. The van der Waals surface area contributed by atoms with Gasteiger partial charge in [0.2, 0.25) is 17.7 Å². The number of aliphatic hydroxyl groups is 1. The summed E-state index contributed by atoms with van der Waals surface area (Å²) in [4.78, 5) is 122. The lowest BCUT2D eigenvalue weighted by Gasteiger charge is -2.46. The second-order valence-corrected chi connectivity index (χ2v) is 49.4. The molecule has 0 aromatic heterocycles. The van der Waals surface area contributed by atoms with Gasteiger partial charge in [0.15, 0.2) is 61.4 Å². The zero-order chi connectivity index (χ0) is 97.7. The maximum atomic E-state index is 16.8. The summed E-state index contributed by atoms with van der Waals surface area (Å²) >= 11 is 0. The number of aliphatic hydroxyl groups excluding tert-OH is 1. The number of rotatable bonds is 32. The second kappa shape index (κ2) is 44.0. The minimum Gasteiger partial charge on any atom is -0.462 e. The van der Waals surface area contributed by atoms with E-state index in [0.717, 1.165) is 29.0 Å². The number of amides is 3. The first-order valence-corrected chi connectivity index (χ1v) is 52.1. The Labute approximate surface area is 761 Å². The van der Waals surface area contributed by atoms with Crippen LogP contribution in [0.15, 0.2) is 152 Å². The van der Waals surface area contributed by atoms with E-state index in [1.807, 2.05) is 61.2 Å². The maximum absolute atomic E-state index is 16.8.